The van der Waals surface area contributed by atoms with Gasteiger partial charge in [-0.2, -0.15) is 0 Å². The lowest BCUT2D eigenvalue weighted by Crippen LogP contribution is -2.43. The van der Waals surface area contributed by atoms with Crippen LogP contribution >= 0.6 is 0 Å². The highest BCUT2D eigenvalue weighted by Gasteiger charge is 2.38. The molecular weight excluding hydrogens is 288 g/mol. The van der Waals surface area contributed by atoms with Gasteiger partial charge >= 0.3 is 0 Å². The molecule has 23 heavy (non-hydrogen) atoms. The Morgan fingerprint density at radius 3 is 1.83 bits per heavy atom. The number of ether oxygens (including phenoxy) is 3. The molecule has 0 saturated heterocycles. The predicted molar refractivity (Wildman–Crippen MR) is 98.5 cm³/mol. The van der Waals surface area contributed by atoms with Crippen molar-refractivity contribution in [2.24, 2.45) is 5.92 Å². The average molecular weight is 329 g/mol. The quantitative estimate of drug-likeness (QED) is 0.195. The van der Waals surface area contributed by atoms with Crippen molar-refractivity contribution in [3.63, 3.8) is 0 Å². The highest BCUT2D eigenvalue weighted by atomic mass is 16.9. The molecule has 1 unspecified atom stereocenters. The van der Waals surface area contributed by atoms with E-state index in [9.17, 15) is 0 Å². The summed E-state index contributed by atoms with van der Waals surface area (Å²) in [6.45, 7) is 4.49. The van der Waals surface area contributed by atoms with Gasteiger partial charge in [-0.05, 0) is 19.3 Å². The Bertz CT molecular complexity index is 264. The molecule has 0 amide bonds. The summed E-state index contributed by atoms with van der Waals surface area (Å²) >= 11 is 0. The van der Waals surface area contributed by atoms with E-state index < -0.39 is 5.97 Å². The van der Waals surface area contributed by atoms with Crippen LogP contribution in [0.4, 0.5) is 0 Å². The summed E-state index contributed by atoms with van der Waals surface area (Å²) in [5.41, 5.74) is 0. The van der Waals surface area contributed by atoms with Gasteiger partial charge in [0.25, 0.3) is 5.97 Å². The van der Waals surface area contributed by atoms with Gasteiger partial charge in [0.1, 0.15) is 0 Å². The van der Waals surface area contributed by atoms with Gasteiger partial charge in [0.05, 0.1) is 5.92 Å². The zero-order valence-corrected chi connectivity index (χ0v) is 16.2. The predicted octanol–water partition coefficient (Wildman–Crippen LogP) is 6.08. The largest absolute Gasteiger partial charge is 0.330 e. The van der Waals surface area contributed by atoms with Gasteiger partial charge in [-0.3, -0.25) is 0 Å². The van der Waals surface area contributed by atoms with E-state index in [1.807, 2.05) is 0 Å². The maximum atomic E-state index is 5.58. The van der Waals surface area contributed by atoms with Crippen molar-refractivity contribution < 1.29 is 14.2 Å². The number of allylic oxidation sites excluding steroid dienone is 1. The van der Waals surface area contributed by atoms with Crippen molar-refractivity contribution in [2.75, 3.05) is 21.3 Å². The summed E-state index contributed by atoms with van der Waals surface area (Å²) < 4.78 is 16.7. The Balaban J connectivity index is 4.48. The van der Waals surface area contributed by atoms with Gasteiger partial charge in [0.15, 0.2) is 0 Å². The first-order valence-electron chi connectivity index (χ1n) is 9.52. The molecule has 0 N–H and O–H groups in total. The van der Waals surface area contributed by atoms with Crippen LogP contribution in [-0.2, 0) is 14.2 Å². The minimum Gasteiger partial charge on any atom is -0.330 e. The maximum absolute atomic E-state index is 5.58. The summed E-state index contributed by atoms with van der Waals surface area (Å²) in [6, 6.07) is 0. The standard InChI is InChI=1S/C20H40O3/c1-6-8-10-12-14-16-18-19(17-15-13-11-9-7-2)20(21-3,22-4)23-5/h15,17,19H,6-14,16,18H2,1-5H3. The van der Waals surface area contributed by atoms with Crippen molar-refractivity contribution in [3.8, 4) is 0 Å². The summed E-state index contributed by atoms with van der Waals surface area (Å²) in [7, 11) is 4.98. The Labute approximate surface area is 144 Å². The molecule has 0 aromatic carbocycles. The van der Waals surface area contributed by atoms with Crippen molar-refractivity contribution >= 4 is 0 Å². The molecule has 3 nitrogen and oxygen atoms in total. The molecule has 138 valence electrons. The third kappa shape index (κ3) is 9.49. The van der Waals surface area contributed by atoms with Crippen molar-refractivity contribution in [1.82, 2.24) is 0 Å². The number of rotatable bonds is 16. The molecule has 0 aromatic rings. The molecule has 1 atom stereocenters. The lowest BCUT2D eigenvalue weighted by atomic mass is 9.96. The van der Waals surface area contributed by atoms with Crippen molar-refractivity contribution in [2.45, 2.75) is 90.4 Å². The molecule has 0 fully saturated rings. The van der Waals surface area contributed by atoms with Gasteiger partial charge in [-0.25, -0.2) is 0 Å². The van der Waals surface area contributed by atoms with Crippen LogP contribution in [0.2, 0.25) is 0 Å². The van der Waals surface area contributed by atoms with E-state index in [1.54, 1.807) is 21.3 Å². The van der Waals surface area contributed by atoms with Crippen LogP contribution in [0.25, 0.3) is 0 Å². The molecule has 0 spiro atoms. The Morgan fingerprint density at radius 1 is 0.739 bits per heavy atom. The zero-order valence-electron chi connectivity index (χ0n) is 16.2. The van der Waals surface area contributed by atoms with Gasteiger partial charge in [-0.15, -0.1) is 0 Å². The topological polar surface area (TPSA) is 27.7 Å². The van der Waals surface area contributed by atoms with Crippen molar-refractivity contribution in [1.29, 1.82) is 0 Å². The van der Waals surface area contributed by atoms with Crippen LogP contribution < -0.4 is 0 Å². The first-order valence-corrected chi connectivity index (χ1v) is 9.52. The number of unbranched alkanes of at least 4 members (excludes halogenated alkanes) is 8. The lowest BCUT2D eigenvalue weighted by Gasteiger charge is -2.35. The second-order valence-corrected chi connectivity index (χ2v) is 6.30. The van der Waals surface area contributed by atoms with E-state index in [0.717, 1.165) is 12.8 Å². The first kappa shape index (κ1) is 22.6. The van der Waals surface area contributed by atoms with E-state index >= 15 is 0 Å². The van der Waals surface area contributed by atoms with Gasteiger partial charge in [0.2, 0.25) is 0 Å². The molecule has 0 heterocycles. The Morgan fingerprint density at radius 2 is 1.26 bits per heavy atom. The van der Waals surface area contributed by atoms with Crippen LogP contribution in [-0.4, -0.2) is 27.3 Å². The number of methoxy groups -OCH3 is 3. The SMILES string of the molecule is CCCCCC=CC(CCCCCCCC)C(OC)(OC)OC. The van der Waals surface area contributed by atoms with Crippen LogP contribution in [0.15, 0.2) is 12.2 Å². The third-order valence-corrected chi connectivity index (χ3v) is 4.52. The molecule has 0 aliphatic carbocycles. The van der Waals surface area contributed by atoms with E-state index in [1.165, 1.54) is 57.8 Å². The summed E-state index contributed by atoms with van der Waals surface area (Å²) in [4.78, 5) is 0. The molecule has 0 aliphatic rings. The lowest BCUT2D eigenvalue weighted by molar-refractivity contribution is -0.372. The minimum absolute atomic E-state index is 0.135. The fourth-order valence-corrected chi connectivity index (χ4v) is 3.01. The maximum Gasteiger partial charge on any atom is 0.288 e. The van der Waals surface area contributed by atoms with Crippen LogP contribution in [0.5, 0.6) is 0 Å². The monoisotopic (exact) mass is 328 g/mol. The Hall–Kier alpha value is -0.380. The fourth-order valence-electron chi connectivity index (χ4n) is 3.01. The fraction of sp³-hybridized carbons (Fsp3) is 0.900. The van der Waals surface area contributed by atoms with Crippen LogP contribution in [0.3, 0.4) is 0 Å². The summed E-state index contributed by atoms with van der Waals surface area (Å²) in [5, 5.41) is 0. The minimum atomic E-state index is -0.954. The van der Waals surface area contributed by atoms with Gasteiger partial charge < -0.3 is 14.2 Å². The normalized spacial score (nSPS) is 13.8. The molecule has 0 aromatic heterocycles. The van der Waals surface area contributed by atoms with E-state index in [2.05, 4.69) is 26.0 Å². The third-order valence-electron chi connectivity index (χ3n) is 4.52. The molecule has 0 bridgehead atoms. The highest BCUT2D eigenvalue weighted by molar-refractivity contribution is 4.93. The molecular formula is C20H40O3. The smallest absolute Gasteiger partial charge is 0.288 e. The van der Waals surface area contributed by atoms with E-state index in [-0.39, 0.29) is 5.92 Å². The molecule has 0 rings (SSSR count). The molecule has 3 heteroatoms. The van der Waals surface area contributed by atoms with Crippen LogP contribution in [0.1, 0.15) is 84.5 Å². The summed E-state index contributed by atoms with van der Waals surface area (Å²) in [6.07, 6.45) is 18.2. The Kier molecular flexibility index (Phi) is 14.9. The zero-order chi connectivity index (χ0) is 17.4. The van der Waals surface area contributed by atoms with Crippen molar-refractivity contribution in [3.05, 3.63) is 12.2 Å². The van der Waals surface area contributed by atoms with E-state index in [0.29, 0.717) is 0 Å². The molecule has 0 radical (unpaired) electrons. The number of hydrogen-bond donors (Lipinski definition) is 0. The van der Waals surface area contributed by atoms with E-state index in [4.69, 9.17) is 14.2 Å². The second-order valence-electron chi connectivity index (χ2n) is 6.30. The number of hydrogen-bond acceptors (Lipinski definition) is 3. The summed E-state index contributed by atoms with van der Waals surface area (Å²) in [5.74, 6) is -0.819. The average Bonchev–Trinajstić information content (AvgIpc) is 2.58. The molecule has 0 saturated carbocycles. The first-order chi connectivity index (χ1) is 11.2. The van der Waals surface area contributed by atoms with Gasteiger partial charge in [0, 0.05) is 21.3 Å². The second kappa shape index (κ2) is 15.2. The van der Waals surface area contributed by atoms with Crippen LogP contribution in [0, 0.1) is 5.92 Å². The van der Waals surface area contributed by atoms with Gasteiger partial charge in [-0.1, -0.05) is 77.4 Å². The highest BCUT2D eigenvalue weighted by Crippen LogP contribution is 2.30. The molecule has 0 aliphatic heterocycles.